The van der Waals surface area contributed by atoms with Gasteiger partial charge in [0.05, 0.1) is 28.3 Å². The fourth-order valence-electron chi connectivity index (χ4n) is 2.42. The van der Waals surface area contributed by atoms with Gasteiger partial charge in [0, 0.05) is 18.1 Å². The van der Waals surface area contributed by atoms with Crippen LogP contribution in [0, 0.1) is 5.53 Å². The molecule has 0 aliphatic heterocycles. The van der Waals surface area contributed by atoms with E-state index < -0.39 is 0 Å². The molecule has 0 bridgehead atoms. The van der Waals surface area contributed by atoms with E-state index in [1.54, 1.807) is 43.4 Å². The Kier molecular flexibility index (Phi) is 5.94. The number of nitrogens with one attached hydrogen (secondary N) is 2. The topological polar surface area (TPSA) is 132 Å². The molecule has 138 valence electrons. The summed E-state index contributed by atoms with van der Waals surface area (Å²) in [6.07, 6.45) is 0. The second-order valence-corrected chi connectivity index (χ2v) is 6.05. The lowest BCUT2D eigenvalue weighted by atomic mass is 10.1. The molecule has 4 N–H and O–H groups in total. The van der Waals surface area contributed by atoms with Gasteiger partial charge in [-0.2, -0.15) is 10.2 Å². The number of nitrogens with zero attached hydrogens (tertiary/aromatic N) is 3. The number of rotatable bonds is 7. The van der Waals surface area contributed by atoms with Gasteiger partial charge in [0.1, 0.15) is 5.69 Å². The van der Waals surface area contributed by atoms with E-state index in [2.05, 4.69) is 30.0 Å². The molecule has 0 fully saturated rings. The Balaban J connectivity index is 2.06. The standard InChI is InChI=1S/C17H15N5O4S/c1-19-13-6-7-14-10(8-13)9-15(27-26-25-24)16(17(14)23)22-21-12-4-2-11(20-18)3-5-12/h2-9,18-19,23-24H,1H3. The van der Waals surface area contributed by atoms with E-state index in [-0.39, 0.29) is 11.4 Å². The van der Waals surface area contributed by atoms with Gasteiger partial charge in [0.2, 0.25) is 0 Å². The Bertz CT molecular complexity index is 995. The van der Waals surface area contributed by atoms with E-state index in [1.807, 2.05) is 12.1 Å². The normalized spacial score (nSPS) is 11.2. The maximum atomic E-state index is 10.7. The first-order chi connectivity index (χ1) is 13.2. The molecule has 3 rings (SSSR count). The van der Waals surface area contributed by atoms with Crippen LogP contribution in [0.5, 0.6) is 5.75 Å². The van der Waals surface area contributed by atoms with Crippen molar-refractivity contribution in [2.24, 2.45) is 15.3 Å². The quantitative estimate of drug-likeness (QED) is 0.168. The van der Waals surface area contributed by atoms with Crippen LogP contribution >= 0.6 is 12.0 Å². The number of phenolic OH excluding ortho intramolecular Hbond substituents is 1. The van der Waals surface area contributed by atoms with Crippen LogP contribution in [0.4, 0.5) is 22.7 Å². The zero-order chi connectivity index (χ0) is 19.2. The van der Waals surface area contributed by atoms with Crippen molar-refractivity contribution in [2.45, 2.75) is 4.90 Å². The van der Waals surface area contributed by atoms with Gasteiger partial charge in [-0.1, -0.05) is 5.04 Å². The van der Waals surface area contributed by atoms with Gasteiger partial charge >= 0.3 is 0 Å². The molecule has 0 unspecified atom stereocenters. The van der Waals surface area contributed by atoms with E-state index >= 15 is 0 Å². The maximum absolute atomic E-state index is 10.7. The van der Waals surface area contributed by atoms with Gasteiger partial charge in [-0.3, -0.25) is 0 Å². The second-order valence-electron chi connectivity index (χ2n) is 5.31. The Morgan fingerprint density at radius 1 is 1.04 bits per heavy atom. The summed E-state index contributed by atoms with van der Waals surface area (Å²) in [6, 6.07) is 13.7. The highest BCUT2D eigenvalue weighted by atomic mass is 32.2. The molecule has 9 nitrogen and oxygen atoms in total. The lowest BCUT2D eigenvalue weighted by Crippen LogP contribution is -1.88. The highest BCUT2D eigenvalue weighted by molar-refractivity contribution is 7.94. The third-order valence-corrected chi connectivity index (χ3v) is 4.36. The third kappa shape index (κ3) is 4.20. The number of phenols is 1. The molecule has 0 heterocycles. The highest BCUT2D eigenvalue weighted by Crippen LogP contribution is 2.44. The third-order valence-electron chi connectivity index (χ3n) is 3.74. The number of benzene rings is 3. The summed E-state index contributed by atoms with van der Waals surface area (Å²) in [6.45, 7) is 0. The summed E-state index contributed by atoms with van der Waals surface area (Å²) in [5, 5.41) is 38.7. The Morgan fingerprint density at radius 2 is 1.78 bits per heavy atom. The van der Waals surface area contributed by atoms with Crippen LogP contribution in [0.25, 0.3) is 10.8 Å². The molecule has 0 aliphatic carbocycles. The molecule has 27 heavy (non-hydrogen) atoms. The SMILES string of the molecule is CNc1ccc2c(O)c(N=Nc3ccc(N=N)cc3)c(SOOO)cc2c1. The van der Waals surface area contributed by atoms with E-state index in [0.29, 0.717) is 33.7 Å². The van der Waals surface area contributed by atoms with Crippen molar-refractivity contribution in [2.75, 3.05) is 12.4 Å². The van der Waals surface area contributed by atoms with Crippen molar-refractivity contribution in [1.82, 2.24) is 0 Å². The molecule has 0 aromatic heterocycles. The maximum Gasteiger partial charge on any atom is 0.152 e. The minimum Gasteiger partial charge on any atom is -0.505 e. The average Bonchev–Trinajstić information content (AvgIpc) is 2.71. The summed E-state index contributed by atoms with van der Waals surface area (Å²) in [7, 11) is 1.79. The first kappa shape index (κ1) is 18.7. The first-order valence-electron chi connectivity index (χ1n) is 7.67. The molecule has 3 aromatic rings. The predicted octanol–water partition coefficient (Wildman–Crippen LogP) is 6.09. The zero-order valence-electron chi connectivity index (χ0n) is 14.1. The Labute approximate surface area is 158 Å². The summed E-state index contributed by atoms with van der Waals surface area (Å²) in [4.78, 5) is 0.392. The molecule has 0 saturated carbocycles. The minimum atomic E-state index is -0.0827. The van der Waals surface area contributed by atoms with Crippen LogP contribution in [0.1, 0.15) is 0 Å². The van der Waals surface area contributed by atoms with Crippen molar-refractivity contribution in [3.63, 3.8) is 0 Å². The average molecular weight is 385 g/mol. The number of hydrogen-bond donors (Lipinski definition) is 4. The van der Waals surface area contributed by atoms with Gasteiger partial charge in [0.25, 0.3) is 0 Å². The lowest BCUT2D eigenvalue weighted by molar-refractivity contribution is -0.432. The molecular weight excluding hydrogens is 370 g/mol. The molecule has 0 atom stereocenters. The van der Waals surface area contributed by atoms with Crippen molar-refractivity contribution < 1.29 is 19.7 Å². The van der Waals surface area contributed by atoms with E-state index in [0.717, 1.165) is 11.1 Å². The summed E-state index contributed by atoms with van der Waals surface area (Å²) in [5.74, 6) is -0.0827. The van der Waals surface area contributed by atoms with Crippen LogP contribution in [0.15, 0.2) is 68.8 Å². The molecule has 0 radical (unpaired) electrons. The van der Waals surface area contributed by atoms with E-state index in [1.165, 1.54) is 0 Å². The second kappa shape index (κ2) is 8.56. The number of azo groups is 1. The minimum absolute atomic E-state index is 0.0827. The fraction of sp³-hybridized carbons (Fsp3) is 0.0588. The number of fused-ring (bicyclic) bond motifs is 1. The van der Waals surface area contributed by atoms with E-state index in [4.69, 9.17) is 10.8 Å². The summed E-state index contributed by atoms with van der Waals surface area (Å²) >= 11 is 0.685. The molecule has 3 aromatic carbocycles. The van der Waals surface area contributed by atoms with Gasteiger partial charge in [-0.05, 0) is 53.9 Å². The number of aromatic hydroxyl groups is 1. The summed E-state index contributed by atoms with van der Waals surface area (Å²) < 4.78 is 4.51. The molecule has 0 amide bonds. The van der Waals surface area contributed by atoms with Crippen LogP contribution < -0.4 is 5.32 Å². The van der Waals surface area contributed by atoms with Gasteiger partial charge in [0.15, 0.2) is 5.75 Å². The molecule has 0 aliphatic rings. The zero-order valence-corrected chi connectivity index (χ0v) is 14.9. The molecule has 0 spiro atoms. The smallest absolute Gasteiger partial charge is 0.152 e. The number of hydrogen-bond acceptors (Lipinski definition) is 10. The van der Waals surface area contributed by atoms with E-state index in [9.17, 15) is 5.11 Å². The van der Waals surface area contributed by atoms with Crippen molar-refractivity contribution >= 4 is 45.6 Å². The fourth-order valence-corrected chi connectivity index (χ4v) is 2.92. The Hall–Kier alpha value is -3.05. The molecule has 10 heteroatoms. The van der Waals surface area contributed by atoms with Crippen LogP contribution in [0.3, 0.4) is 0 Å². The molecular formula is C17H15N5O4S. The summed E-state index contributed by atoms with van der Waals surface area (Å²) in [5.41, 5.74) is 9.00. The predicted molar refractivity (Wildman–Crippen MR) is 101 cm³/mol. The van der Waals surface area contributed by atoms with Gasteiger partial charge < -0.3 is 10.4 Å². The van der Waals surface area contributed by atoms with Gasteiger partial charge in [-0.25, -0.2) is 10.8 Å². The highest BCUT2D eigenvalue weighted by Gasteiger charge is 2.15. The number of anilines is 1. The lowest BCUT2D eigenvalue weighted by Gasteiger charge is -2.10. The van der Waals surface area contributed by atoms with Crippen molar-refractivity contribution in [1.29, 1.82) is 5.53 Å². The monoisotopic (exact) mass is 385 g/mol. The van der Waals surface area contributed by atoms with Crippen molar-refractivity contribution in [3.05, 3.63) is 48.5 Å². The largest absolute Gasteiger partial charge is 0.505 e. The van der Waals surface area contributed by atoms with Crippen LogP contribution in [-0.2, 0) is 9.37 Å². The van der Waals surface area contributed by atoms with Crippen LogP contribution in [0.2, 0.25) is 0 Å². The molecule has 0 saturated heterocycles. The van der Waals surface area contributed by atoms with Crippen molar-refractivity contribution in [3.8, 4) is 5.75 Å². The first-order valence-corrected chi connectivity index (χ1v) is 8.42. The van der Waals surface area contributed by atoms with Crippen LogP contribution in [-0.4, -0.2) is 17.4 Å². The van der Waals surface area contributed by atoms with Gasteiger partial charge in [-0.15, -0.1) is 9.45 Å². The Morgan fingerprint density at radius 3 is 2.44 bits per heavy atom.